The standard InChI is InChI=1S/C26H22BrNO7S2/c1-33-23(30)15-11-16(24(31)34-2)13-18(12-15)28-21(29)14-36-26(25(32)35-3,17-7-5-4-6-8-17)22(28)19-9-10-20(27)37-19/h4-13,22H,14H2,1-3H3/t22-,26+/m0/s1. The number of methoxy groups -OCH3 is 3. The predicted octanol–water partition coefficient (Wildman–Crippen LogP) is 4.97. The normalized spacial score (nSPS) is 19.3. The number of hydrogen-bond donors (Lipinski definition) is 0. The van der Waals surface area contributed by atoms with Crippen LogP contribution in [0.25, 0.3) is 0 Å². The van der Waals surface area contributed by atoms with Gasteiger partial charge >= 0.3 is 17.9 Å². The van der Waals surface area contributed by atoms with Gasteiger partial charge in [-0.3, -0.25) is 9.59 Å². The lowest BCUT2D eigenvalue weighted by atomic mass is 9.87. The van der Waals surface area contributed by atoms with Gasteiger partial charge in [0, 0.05) is 10.6 Å². The van der Waals surface area contributed by atoms with E-state index in [1.54, 1.807) is 0 Å². The molecule has 1 fully saturated rings. The van der Waals surface area contributed by atoms with Crippen LogP contribution in [0.4, 0.5) is 5.69 Å². The van der Waals surface area contributed by atoms with Gasteiger partial charge in [-0.15, -0.1) is 23.1 Å². The minimum absolute atomic E-state index is 0.0525. The summed E-state index contributed by atoms with van der Waals surface area (Å²) in [5.41, 5.74) is 1.00. The maximum absolute atomic E-state index is 13.7. The maximum atomic E-state index is 13.7. The van der Waals surface area contributed by atoms with Crippen LogP contribution >= 0.6 is 39.0 Å². The van der Waals surface area contributed by atoms with Crippen LogP contribution in [-0.2, 0) is 28.5 Å². The van der Waals surface area contributed by atoms with Gasteiger partial charge in [-0.1, -0.05) is 30.3 Å². The maximum Gasteiger partial charge on any atom is 0.337 e. The number of hydrogen-bond acceptors (Lipinski definition) is 9. The molecule has 0 unspecified atom stereocenters. The summed E-state index contributed by atoms with van der Waals surface area (Å²) in [7, 11) is 3.75. The molecule has 1 saturated heterocycles. The second-order valence-electron chi connectivity index (χ2n) is 7.94. The molecule has 0 aliphatic carbocycles. The number of anilines is 1. The molecule has 1 amide bonds. The van der Waals surface area contributed by atoms with Gasteiger partial charge in [0.25, 0.3) is 0 Å². The molecule has 8 nitrogen and oxygen atoms in total. The third-order valence-electron chi connectivity index (χ3n) is 5.93. The van der Waals surface area contributed by atoms with E-state index >= 15 is 0 Å². The van der Waals surface area contributed by atoms with E-state index in [0.717, 1.165) is 3.79 Å². The zero-order valence-electron chi connectivity index (χ0n) is 20.1. The van der Waals surface area contributed by atoms with Crippen molar-refractivity contribution in [3.8, 4) is 0 Å². The first kappa shape index (κ1) is 26.9. The summed E-state index contributed by atoms with van der Waals surface area (Å²) in [5, 5.41) is 0. The molecule has 1 aliphatic rings. The zero-order valence-corrected chi connectivity index (χ0v) is 23.3. The molecule has 2 aromatic carbocycles. The van der Waals surface area contributed by atoms with E-state index in [-0.39, 0.29) is 28.5 Å². The van der Waals surface area contributed by atoms with Gasteiger partial charge in [0.1, 0.15) is 6.04 Å². The second-order valence-corrected chi connectivity index (χ2v) is 11.7. The first-order valence-corrected chi connectivity index (χ1v) is 13.5. The summed E-state index contributed by atoms with van der Waals surface area (Å²) < 4.78 is 14.5. The van der Waals surface area contributed by atoms with Crippen molar-refractivity contribution in [2.75, 3.05) is 32.0 Å². The number of carbonyl (C=O) groups is 4. The van der Waals surface area contributed by atoms with Crippen LogP contribution < -0.4 is 4.90 Å². The van der Waals surface area contributed by atoms with Crippen molar-refractivity contribution in [3.63, 3.8) is 0 Å². The van der Waals surface area contributed by atoms with Gasteiger partial charge in [0.05, 0.1) is 42.0 Å². The summed E-state index contributed by atoms with van der Waals surface area (Å²) in [6, 6.07) is 16.2. The van der Waals surface area contributed by atoms with Crippen LogP contribution in [0.5, 0.6) is 0 Å². The van der Waals surface area contributed by atoms with E-state index in [4.69, 9.17) is 14.2 Å². The average Bonchev–Trinajstić information content (AvgIpc) is 3.37. The highest BCUT2D eigenvalue weighted by Gasteiger charge is 2.57. The van der Waals surface area contributed by atoms with E-state index < -0.39 is 28.7 Å². The largest absolute Gasteiger partial charge is 0.468 e. The number of benzene rings is 2. The fourth-order valence-corrected chi connectivity index (χ4v) is 7.38. The first-order chi connectivity index (χ1) is 17.8. The quantitative estimate of drug-likeness (QED) is 0.287. The fraction of sp³-hybridized carbons (Fsp3) is 0.231. The summed E-state index contributed by atoms with van der Waals surface area (Å²) in [6.07, 6.45) is 0. The second kappa shape index (κ2) is 11.1. The van der Waals surface area contributed by atoms with Crippen LogP contribution in [-0.4, -0.2) is 50.9 Å². The Bertz CT molecular complexity index is 1330. The van der Waals surface area contributed by atoms with Crippen molar-refractivity contribution >= 4 is 68.5 Å². The molecule has 0 bridgehead atoms. The molecule has 1 aliphatic heterocycles. The van der Waals surface area contributed by atoms with Crippen LogP contribution in [0.15, 0.2) is 64.5 Å². The Morgan fingerprint density at radius 3 is 2.05 bits per heavy atom. The molecule has 2 heterocycles. The van der Waals surface area contributed by atoms with Crippen molar-refractivity contribution in [3.05, 3.63) is 86.0 Å². The smallest absolute Gasteiger partial charge is 0.337 e. The highest BCUT2D eigenvalue weighted by molar-refractivity contribution is 9.11. The number of esters is 3. The molecule has 2 atom stereocenters. The Labute approximate surface area is 230 Å². The Morgan fingerprint density at radius 1 is 0.919 bits per heavy atom. The van der Waals surface area contributed by atoms with Gasteiger partial charge in [-0.2, -0.15) is 0 Å². The molecule has 1 aromatic heterocycles. The van der Waals surface area contributed by atoms with Gasteiger partial charge in [0.15, 0.2) is 4.75 Å². The zero-order chi connectivity index (χ0) is 26.7. The van der Waals surface area contributed by atoms with Crippen molar-refractivity contribution in [2.45, 2.75) is 10.8 Å². The number of halogens is 1. The van der Waals surface area contributed by atoms with E-state index in [2.05, 4.69) is 15.9 Å². The Morgan fingerprint density at radius 2 is 1.54 bits per heavy atom. The van der Waals surface area contributed by atoms with E-state index in [0.29, 0.717) is 10.4 Å². The van der Waals surface area contributed by atoms with E-state index in [1.807, 2.05) is 42.5 Å². The first-order valence-electron chi connectivity index (χ1n) is 10.9. The molecule has 0 saturated carbocycles. The average molecular weight is 605 g/mol. The monoisotopic (exact) mass is 603 g/mol. The van der Waals surface area contributed by atoms with Gasteiger partial charge in [0.2, 0.25) is 5.91 Å². The summed E-state index contributed by atoms with van der Waals surface area (Å²) >= 11 is 6.04. The van der Waals surface area contributed by atoms with Crippen molar-refractivity contribution < 1.29 is 33.4 Å². The number of carbonyl (C=O) groups excluding carboxylic acids is 4. The molecule has 192 valence electrons. The van der Waals surface area contributed by atoms with Crippen LogP contribution in [0.1, 0.15) is 37.2 Å². The minimum Gasteiger partial charge on any atom is -0.468 e. The number of thiophene rings is 1. The number of amides is 1. The molecule has 0 spiro atoms. The summed E-state index contributed by atoms with van der Waals surface area (Å²) in [6.45, 7) is 0. The molecule has 0 radical (unpaired) electrons. The molecule has 3 aromatic rings. The van der Waals surface area contributed by atoms with Gasteiger partial charge in [-0.05, 0) is 51.8 Å². The van der Waals surface area contributed by atoms with Gasteiger partial charge in [-0.25, -0.2) is 9.59 Å². The van der Waals surface area contributed by atoms with Crippen LogP contribution in [0, 0.1) is 0 Å². The van der Waals surface area contributed by atoms with Crippen LogP contribution in [0.2, 0.25) is 0 Å². The number of ether oxygens (including phenoxy) is 3. The van der Waals surface area contributed by atoms with Crippen molar-refractivity contribution in [2.24, 2.45) is 0 Å². The third kappa shape index (κ3) is 4.90. The lowest BCUT2D eigenvalue weighted by Gasteiger charge is -2.47. The minimum atomic E-state index is -1.35. The number of rotatable bonds is 6. The Kier molecular flexibility index (Phi) is 8.05. The molecule has 11 heteroatoms. The predicted molar refractivity (Wildman–Crippen MR) is 144 cm³/mol. The molecular weight excluding hydrogens is 582 g/mol. The molecular formula is C26H22BrNO7S2. The Balaban J connectivity index is 2.04. The van der Waals surface area contributed by atoms with Crippen LogP contribution in [0.3, 0.4) is 0 Å². The number of thioether (sulfide) groups is 1. The molecule has 37 heavy (non-hydrogen) atoms. The molecule has 0 N–H and O–H groups in total. The summed E-state index contributed by atoms with van der Waals surface area (Å²) in [5.74, 6) is -2.28. The lowest BCUT2D eigenvalue weighted by molar-refractivity contribution is -0.144. The highest BCUT2D eigenvalue weighted by atomic mass is 79.9. The topological polar surface area (TPSA) is 99.2 Å². The Hall–Kier alpha value is -3.15. The SMILES string of the molecule is COC(=O)c1cc(C(=O)OC)cc(N2C(=O)CS[C@](C(=O)OC)(c3ccccc3)[C@@H]2c2ccc(Br)s2)c1. The summed E-state index contributed by atoms with van der Waals surface area (Å²) in [4.78, 5) is 54.4. The van der Waals surface area contributed by atoms with Gasteiger partial charge < -0.3 is 19.1 Å². The van der Waals surface area contributed by atoms with E-state index in [1.165, 1.54) is 67.5 Å². The molecule has 4 rings (SSSR count). The lowest BCUT2D eigenvalue weighted by Crippen LogP contribution is -2.54. The third-order valence-corrected chi connectivity index (χ3v) is 9.08. The number of nitrogens with zero attached hydrogens (tertiary/aromatic N) is 1. The highest BCUT2D eigenvalue weighted by Crippen LogP contribution is 2.56. The van der Waals surface area contributed by atoms with Crippen molar-refractivity contribution in [1.29, 1.82) is 0 Å². The fourth-order valence-electron chi connectivity index (χ4n) is 4.33. The van der Waals surface area contributed by atoms with Crippen molar-refractivity contribution in [1.82, 2.24) is 0 Å². The van der Waals surface area contributed by atoms with E-state index in [9.17, 15) is 19.2 Å².